The number of hydrogen-bond acceptors (Lipinski definition) is 6. The Morgan fingerprint density at radius 2 is 1.96 bits per heavy atom. The molecule has 0 bridgehead atoms. The maximum absolute atomic E-state index is 11.6. The highest BCUT2D eigenvalue weighted by Crippen LogP contribution is 2.35. The van der Waals surface area contributed by atoms with Crippen molar-refractivity contribution in [1.82, 2.24) is 5.32 Å². The molecule has 1 N–H and O–H groups in total. The molecule has 0 amide bonds. The normalized spacial score (nSPS) is 12.7. The van der Waals surface area contributed by atoms with E-state index in [0.717, 1.165) is 17.1 Å². The number of ether oxygens (including phenoxy) is 4. The third-order valence-corrected chi connectivity index (χ3v) is 4.29. The Morgan fingerprint density at radius 1 is 1.15 bits per heavy atom. The van der Waals surface area contributed by atoms with Gasteiger partial charge in [0.25, 0.3) is 0 Å². The van der Waals surface area contributed by atoms with Gasteiger partial charge >= 0.3 is 5.97 Å². The topological polar surface area (TPSA) is 66.0 Å². The minimum Gasteiger partial charge on any atom is -0.492 e. The van der Waals surface area contributed by atoms with Crippen molar-refractivity contribution in [2.45, 2.75) is 19.4 Å². The minimum absolute atomic E-state index is 0.252. The molecule has 0 spiro atoms. The van der Waals surface area contributed by atoms with E-state index in [2.05, 4.69) is 19.2 Å². The molecule has 0 unspecified atom stereocenters. The first-order chi connectivity index (χ1) is 12.5. The van der Waals surface area contributed by atoms with Crippen LogP contribution in [0.25, 0.3) is 0 Å². The molecule has 0 aromatic heterocycles. The zero-order valence-corrected chi connectivity index (χ0v) is 15.2. The monoisotopic (exact) mass is 357 g/mol. The molecule has 6 heteroatoms. The predicted molar refractivity (Wildman–Crippen MR) is 96.9 cm³/mol. The minimum atomic E-state index is -0.377. The highest BCUT2D eigenvalue weighted by molar-refractivity contribution is 5.89. The van der Waals surface area contributed by atoms with Crippen LogP contribution in [0.4, 0.5) is 0 Å². The van der Waals surface area contributed by atoms with Gasteiger partial charge in [-0.15, -0.1) is 0 Å². The summed E-state index contributed by atoms with van der Waals surface area (Å²) in [5.41, 5.74) is 1.33. The van der Waals surface area contributed by atoms with Gasteiger partial charge in [-0.05, 0) is 49.7 Å². The Labute approximate surface area is 153 Å². The molecule has 3 rings (SSSR count). The van der Waals surface area contributed by atoms with Gasteiger partial charge in [0.1, 0.15) is 12.4 Å². The summed E-state index contributed by atoms with van der Waals surface area (Å²) in [5.74, 6) is 1.81. The van der Waals surface area contributed by atoms with E-state index in [1.54, 1.807) is 18.2 Å². The van der Waals surface area contributed by atoms with Crippen molar-refractivity contribution in [3.63, 3.8) is 0 Å². The Morgan fingerprint density at radius 3 is 2.77 bits per heavy atom. The lowest BCUT2D eigenvalue weighted by molar-refractivity contribution is 0.0600. The third-order valence-electron chi connectivity index (χ3n) is 4.29. The maximum atomic E-state index is 11.6. The highest BCUT2D eigenvalue weighted by atomic mass is 16.7. The van der Waals surface area contributed by atoms with Crippen LogP contribution in [0, 0.1) is 0 Å². The van der Waals surface area contributed by atoms with E-state index in [1.807, 2.05) is 24.3 Å². The number of fused-ring (bicyclic) bond motifs is 1. The number of carbonyl (C=O) groups excluding carboxylic acids is 1. The second-order valence-corrected chi connectivity index (χ2v) is 6.49. The van der Waals surface area contributed by atoms with Gasteiger partial charge in [0, 0.05) is 12.1 Å². The molecule has 0 aliphatic carbocycles. The van der Waals surface area contributed by atoms with Gasteiger partial charge in [0.2, 0.25) is 6.79 Å². The number of rotatable bonds is 7. The molecule has 0 saturated heterocycles. The van der Waals surface area contributed by atoms with Crippen LogP contribution in [0.2, 0.25) is 0 Å². The van der Waals surface area contributed by atoms with Gasteiger partial charge < -0.3 is 24.3 Å². The fraction of sp³-hybridized carbons (Fsp3) is 0.350. The molecular weight excluding hydrogens is 334 g/mol. The van der Waals surface area contributed by atoms with E-state index in [4.69, 9.17) is 18.9 Å². The summed E-state index contributed by atoms with van der Waals surface area (Å²) in [5, 5.41) is 3.47. The van der Waals surface area contributed by atoms with E-state index in [1.165, 1.54) is 7.11 Å². The van der Waals surface area contributed by atoms with Crippen LogP contribution in [-0.4, -0.2) is 33.0 Å². The number of esters is 1. The Bertz CT molecular complexity index is 788. The first kappa shape index (κ1) is 18.1. The molecule has 1 aliphatic rings. The molecule has 0 saturated carbocycles. The molecule has 138 valence electrons. The smallest absolute Gasteiger partial charge is 0.337 e. The van der Waals surface area contributed by atoms with Crippen molar-refractivity contribution < 1.29 is 23.7 Å². The van der Waals surface area contributed by atoms with E-state index in [-0.39, 0.29) is 18.3 Å². The molecule has 1 aliphatic heterocycles. The zero-order chi connectivity index (χ0) is 18.6. The SMILES string of the molecule is COC(=O)c1cccc(OCCNC(C)(C)c2ccc3c(c2)OCO3)c1. The molecule has 2 aromatic rings. The first-order valence-electron chi connectivity index (χ1n) is 8.46. The second kappa shape index (κ2) is 7.66. The fourth-order valence-corrected chi connectivity index (χ4v) is 2.75. The summed E-state index contributed by atoms with van der Waals surface area (Å²) < 4.78 is 21.2. The van der Waals surface area contributed by atoms with E-state index in [9.17, 15) is 4.79 Å². The summed E-state index contributed by atoms with van der Waals surface area (Å²) in [6.45, 7) is 5.58. The molecule has 0 fully saturated rings. The zero-order valence-electron chi connectivity index (χ0n) is 15.2. The van der Waals surface area contributed by atoms with Crippen LogP contribution in [0.3, 0.4) is 0 Å². The van der Waals surface area contributed by atoms with Gasteiger partial charge in [0.15, 0.2) is 11.5 Å². The number of hydrogen-bond donors (Lipinski definition) is 1. The van der Waals surface area contributed by atoms with Crippen molar-refractivity contribution in [3.05, 3.63) is 53.6 Å². The average molecular weight is 357 g/mol. The van der Waals surface area contributed by atoms with Gasteiger partial charge in [-0.25, -0.2) is 4.79 Å². The average Bonchev–Trinajstić information content (AvgIpc) is 3.12. The van der Waals surface area contributed by atoms with Crippen molar-refractivity contribution >= 4 is 5.97 Å². The van der Waals surface area contributed by atoms with Crippen LogP contribution >= 0.6 is 0 Å². The van der Waals surface area contributed by atoms with Crippen LogP contribution in [0.1, 0.15) is 29.8 Å². The lowest BCUT2D eigenvalue weighted by atomic mass is 9.94. The molecule has 0 radical (unpaired) electrons. The second-order valence-electron chi connectivity index (χ2n) is 6.49. The number of methoxy groups -OCH3 is 1. The lowest BCUT2D eigenvalue weighted by Gasteiger charge is -2.27. The molecule has 0 atom stereocenters. The van der Waals surface area contributed by atoms with Crippen LogP contribution in [-0.2, 0) is 10.3 Å². The summed E-state index contributed by atoms with van der Waals surface area (Å²) in [6, 6.07) is 12.9. The van der Waals surface area contributed by atoms with Gasteiger partial charge in [-0.1, -0.05) is 12.1 Å². The highest BCUT2D eigenvalue weighted by Gasteiger charge is 2.23. The Balaban J connectivity index is 1.53. The van der Waals surface area contributed by atoms with E-state index in [0.29, 0.717) is 24.5 Å². The summed E-state index contributed by atoms with van der Waals surface area (Å²) in [6.07, 6.45) is 0. The van der Waals surface area contributed by atoms with E-state index < -0.39 is 0 Å². The Kier molecular flexibility index (Phi) is 5.32. The number of benzene rings is 2. The van der Waals surface area contributed by atoms with Crippen LogP contribution in [0.15, 0.2) is 42.5 Å². The molecule has 6 nitrogen and oxygen atoms in total. The predicted octanol–water partition coefficient (Wildman–Crippen LogP) is 3.11. The van der Waals surface area contributed by atoms with Gasteiger partial charge in [-0.3, -0.25) is 0 Å². The first-order valence-corrected chi connectivity index (χ1v) is 8.46. The van der Waals surface area contributed by atoms with E-state index >= 15 is 0 Å². The summed E-state index contributed by atoms with van der Waals surface area (Å²) >= 11 is 0. The van der Waals surface area contributed by atoms with Crippen molar-refractivity contribution in [2.75, 3.05) is 27.1 Å². The van der Waals surface area contributed by atoms with Crippen molar-refractivity contribution in [1.29, 1.82) is 0 Å². The largest absolute Gasteiger partial charge is 0.492 e. The van der Waals surface area contributed by atoms with Crippen molar-refractivity contribution in [2.24, 2.45) is 0 Å². The number of nitrogens with one attached hydrogen (secondary N) is 1. The standard InChI is InChI=1S/C20H23NO5/c1-20(2,15-7-8-17-18(12-15)26-13-25-17)21-9-10-24-16-6-4-5-14(11-16)19(22)23-3/h4-8,11-12,21H,9-10,13H2,1-3H3. The fourth-order valence-electron chi connectivity index (χ4n) is 2.75. The molecule has 26 heavy (non-hydrogen) atoms. The van der Waals surface area contributed by atoms with Gasteiger partial charge in [-0.2, -0.15) is 0 Å². The quantitative estimate of drug-likeness (QED) is 0.607. The van der Waals surface area contributed by atoms with Crippen molar-refractivity contribution in [3.8, 4) is 17.2 Å². The lowest BCUT2D eigenvalue weighted by Crippen LogP contribution is -2.39. The van der Waals surface area contributed by atoms with Crippen LogP contribution < -0.4 is 19.5 Å². The van der Waals surface area contributed by atoms with Gasteiger partial charge in [0.05, 0.1) is 12.7 Å². The maximum Gasteiger partial charge on any atom is 0.337 e. The number of carbonyl (C=O) groups is 1. The van der Waals surface area contributed by atoms with Crippen LogP contribution in [0.5, 0.6) is 17.2 Å². The molecule has 2 aromatic carbocycles. The third kappa shape index (κ3) is 4.08. The summed E-state index contributed by atoms with van der Waals surface area (Å²) in [7, 11) is 1.36. The Hall–Kier alpha value is -2.73. The molecule has 1 heterocycles. The summed E-state index contributed by atoms with van der Waals surface area (Å²) in [4.78, 5) is 11.6. The molecular formula is C20H23NO5.